The highest BCUT2D eigenvalue weighted by Gasteiger charge is 2.78. The molecule has 1 aromatic rings. The van der Waals surface area contributed by atoms with Crippen molar-refractivity contribution in [2.75, 3.05) is 37.7 Å². The molecule has 3 aliphatic heterocycles. The number of carbonyl (C=O) groups excluding carboxylic acids is 3. The van der Waals surface area contributed by atoms with Gasteiger partial charge in [0.15, 0.2) is 0 Å². The predicted octanol–water partition coefficient (Wildman–Crippen LogP) is 3.43. The lowest BCUT2D eigenvalue weighted by Crippen LogP contribution is -2.56. The van der Waals surface area contributed by atoms with Crippen LogP contribution in [0.2, 0.25) is 5.02 Å². The van der Waals surface area contributed by atoms with Gasteiger partial charge in [0.1, 0.15) is 11.6 Å². The maximum atomic E-state index is 14.4. The van der Waals surface area contributed by atoms with Crippen molar-refractivity contribution < 1.29 is 24.2 Å². The molecule has 38 heavy (non-hydrogen) atoms. The van der Waals surface area contributed by atoms with E-state index in [-0.39, 0.29) is 37.4 Å². The summed E-state index contributed by atoms with van der Waals surface area (Å²) in [5.41, 5.74) is -1.49. The number of aliphatic hydroxyl groups is 1. The molecule has 2 unspecified atom stereocenters. The maximum Gasteiger partial charge on any atom is 0.253 e. The third kappa shape index (κ3) is 4.46. The molecule has 0 aromatic heterocycles. The Balaban J connectivity index is 1.80. The minimum absolute atomic E-state index is 0.131. The summed E-state index contributed by atoms with van der Waals surface area (Å²) in [7, 11) is 0. The molecule has 5 atom stereocenters. The molecule has 3 heterocycles. The second-order valence-corrected chi connectivity index (χ2v) is 11.0. The van der Waals surface area contributed by atoms with E-state index in [1.54, 1.807) is 41.3 Å². The summed E-state index contributed by atoms with van der Waals surface area (Å²) >= 11 is 6.49. The van der Waals surface area contributed by atoms with E-state index in [9.17, 15) is 19.5 Å². The van der Waals surface area contributed by atoms with Crippen molar-refractivity contribution in [1.29, 1.82) is 0 Å². The topological polar surface area (TPSA) is 90.4 Å². The monoisotopic (exact) mass is 543 g/mol. The van der Waals surface area contributed by atoms with E-state index in [0.717, 1.165) is 6.42 Å². The lowest BCUT2D eigenvalue weighted by molar-refractivity contribution is -0.149. The SMILES string of the molecule is C=CCN(CCC)C(=O)[C@H]1[C@H]2C(=O)N(CCCO)C(C(=O)N(CC=C)c3ccccc3Cl)C23CC[C@]1(C)O3. The van der Waals surface area contributed by atoms with Gasteiger partial charge in [-0.2, -0.15) is 0 Å². The van der Waals surface area contributed by atoms with E-state index in [2.05, 4.69) is 13.2 Å². The summed E-state index contributed by atoms with van der Waals surface area (Å²) in [6.45, 7) is 12.7. The molecule has 206 valence electrons. The smallest absolute Gasteiger partial charge is 0.253 e. The van der Waals surface area contributed by atoms with Crippen LogP contribution in [0.5, 0.6) is 0 Å². The van der Waals surface area contributed by atoms with Crippen molar-refractivity contribution in [2.45, 2.75) is 56.8 Å². The zero-order chi connectivity index (χ0) is 27.7. The fraction of sp³-hybridized carbons (Fsp3) is 0.552. The standard InChI is InChI=1S/C29H38ClN3O5/c1-5-15-31(16-6-2)25(35)22-23-26(36)33(18-10-19-34)24(29(23)14-13-28(22,4)38-29)27(37)32(17-7-3)21-12-9-8-11-20(21)30/h5,7-9,11-12,22-24,34H,1,3,6,10,13-19H2,2,4H3/t22-,23+,24?,28+,29?/m1/s1. The maximum absolute atomic E-state index is 14.4. The second-order valence-electron chi connectivity index (χ2n) is 10.6. The molecule has 3 amide bonds. The minimum atomic E-state index is -1.15. The number of hydrogen-bond acceptors (Lipinski definition) is 5. The third-order valence-electron chi connectivity index (χ3n) is 8.21. The van der Waals surface area contributed by atoms with Crippen LogP contribution in [0.15, 0.2) is 49.6 Å². The van der Waals surface area contributed by atoms with Gasteiger partial charge in [-0.15, -0.1) is 13.2 Å². The Morgan fingerprint density at radius 1 is 1.21 bits per heavy atom. The molecule has 0 radical (unpaired) electrons. The quantitative estimate of drug-likeness (QED) is 0.408. The molecular weight excluding hydrogens is 506 g/mol. The number of hydrogen-bond donors (Lipinski definition) is 1. The first-order chi connectivity index (χ1) is 18.2. The second kappa shape index (κ2) is 11.2. The van der Waals surface area contributed by atoms with Crippen LogP contribution in [0, 0.1) is 11.8 Å². The van der Waals surface area contributed by atoms with Crippen molar-refractivity contribution in [3.63, 3.8) is 0 Å². The van der Waals surface area contributed by atoms with Gasteiger partial charge in [0.05, 0.1) is 28.1 Å². The normalized spacial score (nSPS) is 29.3. The van der Waals surface area contributed by atoms with Crippen LogP contribution in [0.4, 0.5) is 5.69 Å². The molecule has 9 heteroatoms. The predicted molar refractivity (Wildman–Crippen MR) is 147 cm³/mol. The van der Waals surface area contributed by atoms with Gasteiger partial charge in [0.25, 0.3) is 5.91 Å². The molecule has 1 aromatic carbocycles. The first kappa shape index (κ1) is 28.3. The summed E-state index contributed by atoms with van der Waals surface area (Å²) in [5.74, 6) is -2.24. The number of halogens is 1. The summed E-state index contributed by atoms with van der Waals surface area (Å²) in [6.07, 6.45) is 5.42. The van der Waals surface area contributed by atoms with E-state index < -0.39 is 29.1 Å². The van der Waals surface area contributed by atoms with Gasteiger partial charge < -0.3 is 24.5 Å². The molecule has 3 fully saturated rings. The zero-order valence-corrected chi connectivity index (χ0v) is 23.0. The lowest BCUT2D eigenvalue weighted by atomic mass is 9.66. The van der Waals surface area contributed by atoms with Crippen molar-refractivity contribution in [2.24, 2.45) is 11.8 Å². The number of anilines is 1. The van der Waals surface area contributed by atoms with Crippen LogP contribution in [-0.4, -0.2) is 82.7 Å². The number of likely N-dealkylation sites (tertiary alicyclic amines) is 1. The first-order valence-corrected chi connectivity index (χ1v) is 13.8. The van der Waals surface area contributed by atoms with Gasteiger partial charge >= 0.3 is 0 Å². The van der Waals surface area contributed by atoms with Gasteiger partial charge in [0.2, 0.25) is 11.8 Å². The highest BCUT2D eigenvalue weighted by Crippen LogP contribution is 2.63. The number of nitrogens with zero attached hydrogens (tertiary/aromatic N) is 3. The van der Waals surface area contributed by atoms with Crippen LogP contribution in [0.1, 0.15) is 39.5 Å². The molecule has 8 nitrogen and oxygen atoms in total. The number of fused-ring (bicyclic) bond motifs is 1. The Kier molecular flexibility index (Phi) is 8.35. The third-order valence-corrected chi connectivity index (χ3v) is 8.53. The number of benzene rings is 1. The van der Waals surface area contributed by atoms with Crippen LogP contribution in [0.3, 0.4) is 0 Å². The molecule has 1 N–H and O–H groups in total. The highest BCUT2D eigenvalue weighted by molar-refractivity contribution is 6.34. The summed E-state index contributed by atoms with van der Waals surface area (Å²) in [5, 5.41) is 9.99. The van der Waals surface area contributed by atoms with E-state index in [1.807, 2.05) is 13.8 Å². The van der Waals surface area contributed by atoms with Gasteiger partial charge in [-0.3, -0.25) is 14.4 Å². The summed E-state index contributed by atoms with van der Waals surface area (Å²) < 4.78 is 6.72. The van der Waals surface area contributed by atoms with E-state index in [0.29, 0.717) is 43.1 Å². The number of amides is 3. The highest BCUT2D eigenvalue weighted by atomic mass is 35.5. The van der Waals surface area contributed by atoms with Crippen molar-refractivity contribution in [3.8, 4) is 0 Å². The Morgan fingerprint density at radius 3 is 2.55 bits per heavy atom. The number of carbonyl (C=O) groups is 3. The van der Waals surface area contributed by atoms with E-state index in [1.165, 1.54) is 9.80 Å². The summed E-state index contributed by atoms with van der Waals surface area (Å²) in [4.78, 5) is 47.3. The molecule has 0 aliphatic carbocycles. The average molecular weight is 544 g/mol. The molecule has 4 rings (SSSR count). The van der Waals surface area contributed by atoms with Crippen LogP contribution >= 0.6 is 11.6 Å². The lowest BCUT2D eigenvalue weighted by Gasteiger charge is -2.37. The van der Waals surface area contributed by atoms with Crippen LogP contribution in [-0.2, 0) is 19.1 Å². The number of ether oxygens (including phenoxy) is 1. The fourth-order valence-corrected chi connectivity index (χ4v) is 6.97. The van der Waals surface area contributed by atoms with Crippen molar-refractivity contribution in [1.82, 2.24) is 9.80 Å². The first-order valence-electron chi connectivity index (χ1n) is 13.4. The molecule has 1 spiro atoms. The number of para-hydroxylation sites is 1. The van der Waals surface area contributed by atoms with Gasteiger partial charge in [-0.1, -0.05) is 42.8 Å². The van der Waals surface area contributed by atoms with E-state index >= 15 is 0 Å². The Labute approximate surface area is 229 Å². The molecule has 2 bridgehead atoms. The Bertz CT molecular complexity index is 1110. The Morgan fingerprint density at radius 2 is 1.92 bits per heavy atom. The van der Waals surface area contributed by atoms with Gasteiger partial charge in [-0.25, -0.2) is 0 Å². The fourth-order valence-electron chi connectivity index (χ4n) is 6.73. The van der Waals surface area contributed by atoms with Crippen LogP contribution in [0.25, 0.3) is 0 Å². The molecule has 3 saturated heterocycles. The Hall–Kier alpha value is -2.68. The molecule has 0 saturated carbocycles. The average Bonchev–Trinajstić information content (AvgIpc) is 3.46. The molecule has 3 aliphatic rings. The molecular formula is C29H38ClN3O5. The van der Waals surface area contributed by atoms with E-state index in [4.69, 9.17) is 16.3 Å². The zero-order valence-electron chi connectivity index (χ0n) is 22.3. The van der Waals surface area contributed by atoms with Crippen molar-refractivity contribution in [3.05, 3.63) is 54.6 Å². The number of rotatable bonds is 12. The minimum Gasteiger partial charge on any atom is -0.396 e. The van der Waals surface area contributed by atoms with Crippen molar-refractivity contribution >= 4 is 35.0 Å². The van der Waals surface area contributed by atoms with Gasteiger partial charge in [0, 0.05) is 32.8 Å². The largest absolute Gasteiger partial charge is 0.396 e. The number of aliphatic hydroxyl groups excluding tert-OH is 1. The summed E-state index contributed by atoms with van der Waals surface area (Å²) in [6, 6.07) is 6.09. The van der Waals surface area contributed by atoms with Gasteiger partial charge in [-0.05, 0) is 44.7 Å². The van der Waals surface area contributed by atoms with Crippen LogP contribution < -0.4 is 4.90 Å².